The zero-order chi connectivity index (χ0) is 14.8. The van der Waals surface area contributed by atoms with Crippen LogP contribution in [0, 0.1) is 5.92 Å². The van der Waals surface area contributed by atoms with Crippen molar-refractivity contribution in [2.75, 3.05) is 30.8 Å². The highest BCUT2D eigenvalue weighted by atomic mass is 16.5. The van der Waals surface area contributed by atoms with E-state index >= 15 is 0 Å². The van der Waals surface area contributed by atoms with Crippen molar-refractivity contribution in [2.45, 2.75) is 26.6 Å². The molecule has 8 nitrogen and oxygen atoms in total. The first kappa shape index (κ1) is 14.0. The van der Waals surface area contributed by atoms with Crippen LogP contribution in [0.2, 0.25) is 0 Å². The summed E-state index contributed by atoms with van der Waals surface area (Å²) in [6, 6.07) is 0. The number of morpholine rings is 1. The summed E-state index contributed by atoms with van der Waals surface area (Å²) in [5, 5.41) is 6.50. The highest BCUT2D eigenvalue weighted by molar-refractivity contribution is 5.82. The van der Waals surface area contributed by atoms with Crippen molar-refractivity contribution in [1.82, 2.24) is 24.8 Å². The molecule has 0 amide bonds. The summed E-state index contributed by atoms with van der Waals surface area (Å²) in [4.78, 5) is 13.1. The Bertz CT molecular complexity index is 618. The van der Waals surface area contributed by atoms with Crippen LogP contribution in [0.15, 0.2) is 6.33 Å². The number of anilines is 2. The van der Waals surface area contributed by atoms with E-state index in [4.69, 9.17) is 10.5 Å². The smallest absolute Gasteiger partial charge is 0.228 e. The van der Waals surface area contributed by atoms with Gasteiger partial charge >= 0.3 is 0 Å². The molecule has 0 aromatic carbocycles. The molecule has 1 aliphatic rings. The second kappa shape index (κ2) is 5.82. The van der Waals surface area contributed by atoms with E-state index < -0.39 is 0 Å². The zero-order valence-electron chi connectivity index (χ0n) is 12.3. The molecule has 0 bridgehead atoms. The van der Waals surface area contributed by atoms with Crippen molar-refractivity contribution >= 4 is 22.9 Å². The van der Waals surface area contributed by atoms with E-state index in [1.54, 1.807) is 6.33 Å². The van der Waals surface area contributed by atoms with Crippen LogP contribution in [0.25, 0.3) is 11.2 Å². The minimum absolute atomic E-state index is 0.00271. The number of hydrogen-bond acceptors (Lipinski definition) is 7. The van der Waals surface area contributed by atoms with Gasteiger partial charge in [0.1, 0.15) is 11.7 Å². The molecular formula is C13H21N7O. The van der Waals surface area contributed by atoms with Gasteiger partial charge in [-0.15, -0.1) is 0 Å². The van der Waals surface area contributed by atoms with E-state index in [9.17, 15) is 0 Å². The van der Waals surface area contributed by atoms with Gasteiger partial charge in [-0.05, 0) is 5.92 Å². The highest BCUT2D eigenvalue weighted by Gasteiger charge is 2.16. The Hall–Kier alpha value is -1.93. The maximum absolute atomic E-state index is 5.99. The summed E-state index contributed by atoms with van der Waals surface area (Å²) < 4.78 is 7.41. The number of nitrogens with zero attached hydrogens (tertiary/aromatic N) is 4. The minimum Gasteiger partial charge on any atom is -0.382 e. The summed E-state index contributed by atoms with van der Waals surface area (Å²) in [5.74, 6) is 1.39. The fourth-order valence-corrected chi connectivity index (χ4v) is 2.37. The van der Waals surface area contributed by atoms with E-state index in [2.05, 4.69) is 39.4 Å². The van der Waals surface area contributed by atoms with E-state index in [-0.39, 0.29) is 6.17 Å². The molecule has 2 aromatic heterocycles. The third-order valence-corrected chi connectivity index (χ3v) is 3.28. The van der Waals surface area contributed by atoms with Crippen LogP contribution in [-0.4, -0.2) is 45.4 Å². The highest BCUT2D eigenvalue weighted by Crippen LogP contribution is 2.19. The van der Waals surface area contributed by atoms with Gasteiger partial charge in [0.2, 0.25) is 5.95 Å². The van der Waals surface area contributed by atoms with Crippen LogP contribution in [0.1, 0.15) is 13.8 Å². The van der Waals surface area contributed by atoms with Gasteiger partial charge in [0.05, 0.1) is 19.5 Å². The van der Waals surface area contributed by atoms with Crippen LogP contribution < -0.4 is 16.4 Å². The standard InChI is InChI=1S/C13H21N7O/c1-8(2)5-20-7-16-10-11(14)18-13(19-12(10)20)17-9-6-21-4-3-15-9/h7-9,15H,3-6H2,1-2H3,(H3,14,17,18,19). The summed E-state index contributed by atoms with van der Waals surface area (Å²) in [7, 11) is 0. The van der Waals surface area contributed by atoms with Crippen molar-refractivity contribution in [3.05, 3.63) is 6.33 Å². The molecule has 3 rings (SSSR count). The number of fused-ring (bicyclic) bond motifs is 1. The lowest BCUT2D eigenvalue weighted by Gasteiger charge is -2.24. The lowest BCUT2D eigenvalue weighted by atomic mass is 10.2. The van der Waals surface area contributed by atoms with Crippen molar-refractivity contribution in [2.24, 2.45) is 5.92 Å². The van der Waals surface area contributed by atoms with Crippen molar-refractivity contribution in [3.8, 4) is 0 Å². The first-order chi connectivity index (χ1) is 10.1. The molecule has 1 saturated heterocycles. The van der Waals surface area contributed by atoms with Gasteiger partial charge in [0.15, 0.2) is 11.5 Å². The minimum atomic E-state index is -0.00271. The number of nitrogens with two attached hydrogens (primary N) is 1. The summed E-state index contributed by atoms with van der Waals surface area (Å²) in [5.41, 5.74) is 7.39. The third-order valence-electron chi connectivity index (χ3n) is 3.28. The first-order valence-electron chi connectivity index (χ1n) is 7.19. The zero-order valence-corrected chi connectivity index (χ0v) is 12.3. The SMILES string of the molecule is CC(C)Cn1cnc2c(N)nc(NC3COCCN3)nc21. The molecular weight excluding hydrogens is 270 g/mol. The van der Waals surface area contributed by atoms with Crippen LogP contribution in [0.4, 0.5) is 11.8 Å². The largest absolute Gasteiger partial charge is 0.382 e. The van der Waals surface area contributed by atoms with E-state index in [1.807, 2.05) is 4.57 Å². The molecule has 2 aromatic rings. The van der Waals surface area contributed by atoms with Gasteiger partial charge in [-0.25, -0.2) is 4.98 Å². The Morgan fingerprint density at radius 3 is 3.10 bits per heavy atom. The molecule has 1 unspecified atom stereocenters. The summed E-state index contributed by atoms with van der Waals surface area (Å²) >= 11 is 0. The number of nitrogen functional groups attached to an aromatic ring is 1. The molecule has 21 heavy (non-hydrogen) atoms. The maximum atomic E-state index is 5.99. The molecule has 3 heterocycles. The Labute approximate surface area is 123 Å². The second-order valence-electron chi connectivity index (χ2n) is 5.62. The molecule has 0 spiro atoms. The summed E-state index contributed by atoms with van der Waals surface area (Å²) in [6.07, 6.45) is 1.76. The number of imidazole rings is 1. The maximum Gasteiger partial charge on any atom is 0.228 e. The summed E-state index contributed by atoms with van der Waals surface area (Å²) in [6.45, 7) is 7.25. The number of aromatic nitrogens is 4. The topological polar surface area (TPSA) is 103 Å². The van der Waals surface area contributed by atoms with Crippen molar-refractivity contribution in [3.63, 3.8) is 0 Å². The molecule has 8 heteroatoms. The molecule has 1 atom stereocenters. The van der Waals surface area contributed by atoms with Crippen LogP contribution in [0.5, 0.6) is 0 Å². The molecule has 1 aliphatic heterocycles. The van der Waals surface area contributed by atoms with Crippen molar-refractivity contribution in [1.29, 1.82) is 0 Å². The number of nitrogens with one attached hydrogen (secondary N) is 2. The quantitative estimate of drug-likeness (QED) is 0.750. The average molecular weight is 291 g/mol. The average Bonchev–Trinajstić information content (AvgIpc) is 2.83. The second-order valence-corrected chi connectivity index (χ2v) is 5.62. The van der Waals surface area contributed by atoms with Crippen LogP contribution >= 0.6 is 0 Å². The van der Waals surface area contributed by atoms with Gasteiger partial charge in [-0.3, -0.25) is 5.32 Å². The van der Waals surface area contributed by atoms with Gasteiger partial charge in [-0.2, -0.15) is 9.97 Å². The van der Waals surface area contributed by atoms with E-state index in [0.717, 1.165) is 25.3 Å². The van der Waals surface area contributed by atoms with Crippen molar-refractivity contribution < 1.29 is 4.74 Å². The molecule has 4 N–H and O–H groups in total. The monoisotopic (exact) mass is 291 g/mol. The third kappa shape index (κ3) is 3.06. The predicted octanol–water partition coefficient (Wildman–Crippen LogP) is 0.422. The van der Waals surface area contributed by atoms with E-state index in [0.29, 0.717) is 29.8 Å². The first-order valence-corrected chi connectivity index (χ1v) is 7.19. The number of hydrogen-bond donors (Lipinski definition) is 3. The normalized spacial score (nSPS) is 19.3. The lowest BCUT2D eigenvalue weighted by molar-refractivity contribution is 0.0847. The Morgan fingerprint density at radius 1 is 1.52 bits per heavy atom. The van der Waals surface area contributed by atoms with Gasteiger partial charge < -0.3 is 20.4 Å². The predicted molar refractivity (Wildman–Crippen MR) is 80.8 cm³/mol. The fourth-order valence-electron chi connectivity index (χ4n) is 2.37. The van der Waals surface area contributed by atoms with E-state index in [1.165, 1.54) is 0 Å². The van der Waals surface area contributed by atoms with Crippen LogP contribution in [0.3, 0.4) is 0 Å². The molecule has 114 valence electrons. The molecule has 1 fully saturated rings. The Morgan fingerprint density at radius 2 is 2.38 bits per heavy atom. The Kier molecular flexibility index (Phi) is 3.89. The number of rotatable bonds is 4. The van der Waals surface area contributed by atoms with Crippen LogP contribution in [-0.2, 0) is 11.3 Å². The van der Waals surface area contributed by atoms with Gasteiger partial charge in [0, 0.05) is 13.1 Å². The molecule has 0 saturated carbocycles. The molecule has 0 radical (unpaired) electrons. The number of ether oxygens (including phenoxy) is 1. The fraction of sp³-hybridized carbons (Fsp3) is 0.615. The van der Waals surface area contributed by atoms with Gasteiger partial charge in [-0.1, -0.05) is 13.8 Å². The molecule has 0 aliphatic carbocycles. The van der Waals surface area contributed by atoms with Gasteiger partial charge in [0.25, 0.3) is 0 Å². The Balaban J connectivity index is 1.88. The lowest BCUT2D eigenvalue weighted by Crippen LogP contribution is -2.46.